The number of nitrogens with one attached hydrogen (secondary N) is 2. The molecule has 0 aromatic heterocycles. The van der Waals surface area contributed by atoms with Gasteiger partial charge in [-0.05, 0) is 34.9 Å². The molecule has 6 nitrogen and oxygen atoms in total. The highest BCUT2D eigenvalue weighted by Gasteiger charge is 2.25. The van der Waals surface area contributed by atoms with E-state index < -0.39 is 0 Å². The van der Waals surface area contributed by atoms with Crippen LogP contribution in [0.2, 0.25) is 0 Å². The molecule has 2 aliphatic rings. The molecule has 27 heavy (non-hydrogen) atoms. The average Bonchev–Trinajstić information content (AvgIpc) is 3.07. The number of rotatable bonds is 4. The van der Waals surface area contributed by atoms with Gasteiger partial charge in [0.2, 0.25) is 11.8 Å². The summed E-state index contributed by atoms with van der Waals surface area (Å²) in [5.74, 6) is 0.948. The third kappa shape index (κ3) is 3.80. The maximum absolute atomic E-state index is 12.8. The van der Waals surface area contributed by atoms with Crippen LogP contribution in [0.1, 0.15) is 22.7 Å². The van der Waals surface area contributed by atoms with Gasteiger partial charge in [0.15, 0.2) is 0 Å². The summed E-state index contributed by atoms with van der Waals surface area (Å²) in [7, 11) is 1.65. The number of ether oxygens (including phenoxy) is 1. The second kappa shape index (κ2) is 7.40. The average molecular weight is 365 g/mol. The molecule has 2 aliphatic heterocycles. The molecule has 2 amide bonds. The van der Waals surface area contributed by atoms with Gasteiger partial charge in [-0.3, -0.25) is 9.59 Å². The Morgan fingerprint density at radius 2 is 2.04 bits per heavy atom. The van der Waals surface area contributed by atoms with Crippen molar-refractivity contribution in [1.29, 1.82) is 0 Å². The number of hydrogen-bond acceptors (Lipinski definition) is 4. The van der Waals surface area contributed by atoms with Crippen LogP contribution >= 0.6 is 0 Å². The fourth-order valence-electron chi connectivity index (χ4n) is 3.69. The monoisotopic (exact) mass is 365 g/mol. The first-order valence-electron chi connectivity index (χ1n) is 9.19. The molecule has 0 aliphatic carbocycles. The van der Waals surface area contributed by atoms with E-state index in [4.69, 9.17) is 4.74 Å². The molecule has 0 saturated carbocycles. The largest absolute Gasteiger partial charge is 0.497 e. The highest BCUT2D eigenvalue weighted by Crippen LogP contribution is 2.25. The van der Waals surface area contributed by atoms with Crippen LogP contribution in [-0.2, 0) is 22.4 Å². The molecule has 1 atom stereocenters. The second-order valence-electron chi connectivity index (χ2n) is 7.01. The lowest BCUT2D eigenvalue weighted by atomic mass is 10.0. The van der Waals surface area contributed by atoms with Gasteiger partial charge in [-0.1, -0.05) is 24.3 Å². The summed E-state index contributed by atoms with van der Waals surface area (Å²) in [6.07, 6.45) is 0.767. The number of methoxy groups -OCH3 is 1. The van der Waals surface area contributed by atoms with E-state index in [1.165, 1.54) is 0 Å². The third-order valence-electron chi connectivity index (χ3n) is 5.20. The van der Waals surface area contributed by atoms with Gasteiger partial charge in [0.25, 0.3) is 0 Å². The molecule has 0 spiro atoms. The van der Waals surface area contributed by atoms with Crippen molar-refractivity contribution in [1.82, 2.24) is 10.2 Å². The van der Waals surface area contributed by atoms with Crippen LogP contribution in [0.15, 0.2) is 42.5 Å². The summed E-state index contributed by atoms with van der Waals surface area (Å²) in [5, 5.41) is 6.32. The van der Waals surface area contributed by atoms with Gasteiger partial charge in [0, 0.05) is 31.4 Å². The zero-order valence-electron chi connectivity index (χ0n) is 15.3. The molecule has 1 unspecified atom stereocenters. The van der Waals surface area contributed by atoms with Crippen molar-refractivity contribution >= 4 is 17.5 Å². The quantitative estimate of drug-likeness (QED) is 0.868. The number of hydrogen-bond donors (Lipinski definition) is 2. The van der Waals surface area contributed by atoms with Crippen LogP contribution in [0.25, 0.3) is 0 Å². The molecule has 6 heteroatoms. The topological polar surface area (TPSA) is 70.7 Å². The Hall–Kier alpha value is -2.86. The standard InChI is InChI=1S/C21H23N3O3/c1-27-17-6-4-15(5-7-17)19-13-24(9-8-22-19)21(26)11-14-2-3-16-12-20(25)23-18(16)10-14/h2-7,10,19,22H,8-9,11-13H2,1H3,(H,23,25). The Kier molecular flexibility index (Phi) is 4.81. The summed E-state index contributed by atoms with van der Waals surface area (Å²) < 4.78 is 5.21. The van der Waals surface area contributed by atoms with Crippen molar-refractivity contribution in [2.75, 3.05) is 32.1 Å². The Morgan fingerprint density at radius 3 is 2.81 bits per heavy atom. The van der Waals surface area contributed by atoms with E-state index in [1.54, 1.807) is 7.11 Å². The van der Waals surface area contributed by atoms with E-state index in [2.05, 4.69) is 10.6 Å². The lowest BCUT2D eigenvalue weighted by Crippen LogP contribution is -2.48. The van der Waals surface area contributed by atoms with Crippen molar-refractivity contribution in [2.45, 2.75) is 18.9 Å². The number of piperazine rings is 1. The molecule has 2 heterocycles. The molecule has 2 N–H and O–H groups in total. The Balaban J connectivity index is 1.41. The highest BCUT2D eigenvalue weighted by molar-refractivity contribution is 5.99. The summed E-state index contributed by atoms with van der Waals surface area (Å²) in [6.45, 7) is 2.11. The first-order chi connectivity index (χ1) is 13.1. The van der Waals surface area contributed by atoms with Crippen LogP contribution < -0.4 is 15.4 Å². The molecule has 2 aromatic carbocycles. The van der Waals surface area contributed by atoms with Crippen molar-refractivity contribution in [3.63, 3.8) is 0 Å². The van der Waals surface area contributed by atoms with Gasteiger partial charge >= 0.3 is 0 Å². The van der Waals surface area contributed by atoms with Crippen molar-refractivity contribution < 1.29 is 14.3 Å². The van der Waals surface area contributed by atoms with Crippen LogP contribution in [0, 0.1) is 0 Å². The molecule has 1 fully saturated rings. The summed E-state index contributed by atoms with van der Waals surface area (Å²) in [5.41, 5.74) is 3.91. The molecular weight excluding hydrogens is 342 g/mol. The van der Waals surface area contributed by atoms with E-state index in [1.807, 2.05) is 47.4 Å². The lowest BCUT2D eigenvalue weighted by Gasteiger charge is -2.34. The minimum Gasteiger partial charge on any atom is -0.497 e. The molecular formula is C21H23N3O3. The summed E-state index contributed by atoms with van der Waals surface area (Å²) in [4.78, 5) is 26.2. The minimum atomic E-state index is 0.0120. The van der Waals surface area contributed by atoms with Gasteiger partial charge in [-0.15, -0.1) is 0 Å². The van der Waals surface area contributed by atoms with E-state index in [0.717, 1.165) is 34.7 Å². The zero-order valence-corrected chi connectivity index (χ0v) is 15.3. The Labute approximate surface area is 158 Å². The van der Waals surface area contributed by atoms with Crippen molar-refractivity contribution in [3.05, 3.63) is 59.2 Å². The fourth-order valence-corrected chi connectivity index (χ4v) is 3.69. The normalized spacial score (nSPS) is 18.8. The SMILES string of the molecule is COc1ccc(C2CN(C(=O)Cc3ccc4c(c3)NC(=O)C4)CCN2)cc1. The number of benzene rings is 2. The van der Waals surface area contributed by atoms with Gasteiger partial charge in [-0.2, -0.15) is 0 Å². The van der Waals surface area contributed by atoms with E-state index in [9.17, 15) is 9.59 Å². The van der Waals surface area contributed by atoms with Crippen molar-refractivity contribution in [3.8, 4) is 5.75 Å². The number of anilines is 1. The summed E-state index contributed by atoms with van der Waals surface area (Å²) >= 11 is 0. The predicted octanol–water partition coefficient (Wildman–Crippen LogP) is 1.91. The smallest absolute Gasteiger partial charge is 0.228 e. The fraction of sp³-hybridized carbons (Fsp3) is 0.333. The zero-order chi connectivity index (χ0) is 18.8. The van der Waals surface area contributed by atoms with E-state index in [-0.39, 0.29) is 17.9 Å². The Morgan fingerprint density at radius 1 is 1.22 bits per heavy atom. The van der Waals surface area contributed by atoms with Crippen LogP contribution in [0.5, 0.6) is 5.75 Å². The minimum absolute atomic E-state index is 0.0120. The van der Waals surface area contributed by atoms with E-state index in [0.29, 0.717) is 25.9 Å². The molecule has 0 bridgehead atoms. The number of amides is 2. The number of carbonyl (C=O) groups is 2. The van der Waals surface area contributed by atoms with Crippen LogP contribution in [0.3, 0.4) is 0 Å². The first kappa shape index (κ1) is 17.5. The van der Waals surface area contributed by atoms with Gasteiger partial charge < -0.3 is 20.3 Å². The molecule has 0 radical (unpaired) electrons. The predicted molar refractivity (Wildman–Crippen MR) is 103 cm³/mol. The van der Waals surface area contributed by atoms with Gasteiger partial charge in [0.05, 0.1) is 20.0 Å². The number of fused-ring (bicyclic) bond motifs is 1. The lowest BCUT2D eigenvalue weighted by molar-refractivity contribution is -0.131. The third-order valence-corrected chi connectivity index (χ3v) is 5.20. The molecule has 4 rings (SSSR count). The van der Waals surface area contributed by atoms with Crippen LogP contribution in [-0.4, -0.2) is 43.5 Å². The van der Waals surface area contributed by atoms with Crippen LogP contribution in [0.4, 0.5) is 5.69 Å². The molecule has 2 aromatic rings. The summed E-state index contributed by atoms with van der Waals surface area (Å²) in [6, 6.07) is 13.9. The number of nitrogens with zero attached hydrogens (tertiary/aromatic N) is 1. The van der Waals surface area contributed by atoms with Gasteiger partial charge in [0.1, 0.15) is 5.75 Å². The molecule has 140 valence electrons. The highest BCUT2D eigenvalue weighted by atomic mass is 16.5. The Bertz CT molecular complexity index is 863. The van der Waals surface area contributed by atoms with Crippen molar-refractivity contribution in [2.24, 2.45) is 0 Å². The first-order valence-corrected chi connectivity index (χ1v) is 9.19. The van der Waals surface area contributed by atoms with E-state index >= 15 is 0 Å². The maximum Gasteiger partial charge on any atom is 0.228 e. The molecule has 1 saturated heterocycles. The maximum atomic E-state index is 12.8. The van der Waals surface area contributed by atoms with Gasteiger partial charge in [-0.25, -0.2) is 0 Å². The number of carbonyl (C=O) groups excluding carboxylic acids is 2. The second-order valence-corrected chi connectivity index (χ2v) is 7.01.